The normalized spacial score (nSPS) is 13.5. The lowest BCUT2D eigenvalue weighted by atomic mass is 9.82. The summed E-state index contributed by atoms with van der Waals surface area (Å²) >= 11 is 0. The standard InChI is InChI=1S/C28H34O2/c1-8-23(16-21(6)27(9-2)22(7)29)28-17-19(4)18(3)14-25(28)15-20(5)24-10-12-26(30)13-11-24/h8-14,17,20,23,29-30H,1,6-7,15-16H2,2-5H3/b27-9+. The van der Waals surface area contributed by atoms with Gasteiger partial charge in [0.1, 0.15) is 11.5 Å². The first-order valence-corrected chi connectivity index (χ1v) is 10.4. The lowest BCUT2D eigenvalue weighted by Gasteiger charge is -2.23. The highest BCUT2D eigenvalue weighted by Gasteiger charge is 2.19. The van der Waals surface area contributed by atoms with Crippen molar-refractivity contribution in [2.24, 2.45) is 0 Å². The van der Waals surface area contributed by atoms with Crippen LogP contribution < -0.4 is 0 Å². The van der Waals surface area contributed by atoms with Crippen LogP contribution in [0.25, 0.3) is 0 Å². The second-order valence-corrected chi connectivity index (χ2v) is 8.13. The Hall–Kier alpha value is -3.00. The number of aryl methyl sites for hydroxylation is 2. The minimum Gasteiger partial charge on any atom is -0.508 e. The molecule has 0 aliphatic carbocycles. The number of aliphatic hydroxyl groups is 1. The fourth-order valence-corrected chi connectivity index (χ4v) is 3.94. The maximum atomic E-state index is 9.87. The molecule has 0 aromatic heterocycles. The molecule has 0 aliphatic heterocycles. The van der Waals surface area contributed by atoms with Gasteiger partial charge >= 0.3 is 0 Å². The monoisotopic (exact) mass is 402 g/mol. The fraction of sp³-hybridized carbons (Fsp3) is 0.286. The Morgan fingerprint density at radius 3 is 2.20 bits per heavy atom. The van der Waals surface area contributed by atoms with Crippen molar-refractivity contribution in [3.05, 3.63) is 113 Å². The van der Waals surface area contributed by atoms with Crippen molar-refractivity contribution in [3.63, 3.8) is 0 Å². The van der Waals surface area contributed by atoms with Crippen LogP contribution in [0.2, 0.25) is 0 Å². The third-order valence-corrected chi connectivity index (χ3v) is 5.87. The van der Waals surface area contributed by atoms with Crippen molar-refractivity contribution in [1.82, 2.24) is 0 Å². The molecule has 0 aliphatic rings. The molecule has 2 unspecified atom stereocenters. The van der Waals surface area contributed by atoms with Crippen LogP contribution in [0.5, 0.6) is 5.75 Å². The zero-order valence-electron chi connectivity index (χ0n) is 18.7. The molecule has 0 fully saturated rings. The molecule has 2 N–H and O–H groups in total. The second-order valence-electron chi connectivity index (χ2n) is 8.13. The summed E-state index contributed by atoms with van der Waals surface area (Å²) in [5.41, 5.74) is 7.81. The maximum Gasteiger partial charge on any atom is 0.115 e. The number of phenols is 1. The van der Waals surface area contributed by atoms with Crippen molar-refractivity contribution >= 4 is 0 Å². The highest BCUT2D eigenvalue weighted by Crippen LogP contribution is 2.35. The molecule has 2 atom stereocenters. The van der Waals surface area contributed by atoms with Crippen molar-refractivity contribution in [2.45, 2.75) is 52.4 Å². The molecule has 0 bridgehead atoms. The Balaban J connectivity index is 2.39. The van der Waals surface area contributed by atoms with Crippen molar-refractivity contribution in [3.8, 4) is 5.75 Å². The molecular weight excluding hydrogens is 368 g/mol. The summed E-state index contributed by atoms with van der Waals surface area (Å²) in [6, 6.07) is 12.0. The summed E-state index contributed by atoms with van der Waals surface area (Å²) < 4.78 is 0. The largest absolute Gasteiger partial charge is 0.508 e. The molecule has 0 amide bonds. The van der Waals surface area contributed by atoms with Gasteiger partial charge in [-0.3, -0.25) is 0 Å². The van der Waals surface area contributed by atoms with Gasteiger partial charge in [0.2, 0.25) is 0 Å². The summed E-state index contributed by atoms with van der Waals surface area (Å²) in [4.78, 5) is 0. The van der Waals surface area contributed by atoms with Crippen LogP contribution in [0.3, 0.4) is 0 Å². The molecule has 2 heteroatoms. The average Bonchev–Trinajstić information content (AvgIpc) is 2.69. The topological polar surface area (TPSA) is 40.5 Å². The lowest BCUT2D eigenvalue weighted by molar-refractivity contribution is 0.427. The zero-order chi connectivity index (χ0) is 22.4. The van der Waals surface area contributed by atoms with Crippen LogP contribution in [-0.2, 0) is 6.42 Å². The van der Waals surface area contributed by atoms with Crippen molar-refractivity contribution < 1.29 is 10.2 Å². The van der Waals surface area contributed by atoms with E-state index in [4.69, 9.17) is 0 Å². The first-order valence-electron chi connectivity index (χ1n) is 10.4. The van der Waals surface area contributed by atoms with Gasteiger partial charge in [0.05, 0.1) is 0 Å². The number of aliphatic hydroxyl groups excluding tert-OH is 1. The van der Waals surface area contributed by atoms with Crippen LogP contribution in [0, 0.1) is 13.8 Å². The Bertz CT molecular complexity index is 961. The Labute approximate surface area is 181 Å². The Morgan fingerprint density at radius 2 is 1.67 bits per heavy atom. The smallest absolute Gasteiger partial charge is 0.115 e. The third kappa shape index (κ3) is 5.54. The number of hydrogen-bond donors (Lipinski definition) is 2. The van der Waals surface area contributed by atoms with Crippen LogP contribution >= 0.6 is 0 Å². The van der Waals surface area contributed by atoms with Crippen LogP contribution in [-0.4, -0.2) is 10.2 Å². The number of phenolic OH excluding ortho intramolecular Hbond substituents is 1. The SMILES string of the molecule is C=CC(CC(=C)/C(=C\C)C(=C)O)c1cc(C)c(C)cc1CC(C)c1ccc(O)cc1. The lowest BCUT2D eigenvalue weighted by Crippen LogP contribution is -2.08. The predicted octanol–water partition coefficient (Wildman–Crippen LogP) is 7.59. The van der Waals surface area contributed by atoms with Gasteiger partial charge in [-0.1, -0.05) is 56.5 Å². The molecule has 0 saturated carbocycles. The number of hydrogen-bond acceptors (Lipinski definition) is 2. The van der Waals surface area contributed by atoms with E-state index < -0.39 is 0 Å². The predicted molar refractivity (Wildman–Crippen MR) is 128 cm³/mol. The van der Waals surface area contributed by atoms with Crippen molar-refractivity contribution in [1.29, 1.82) is 0 Å². The molecule has 2 aromatic carbocycles. The average molecular weight is 403 g/mol. The summed E-state index contributed by atoms with van der Waals surface area (Å²) in [6.45, 7) is 20.3. The number of aromatic hydroxyl groups is 1. The minimum atomic E-state index is 0.0478. The molecule has 0 radical (unpaired) electrons. The van der Waals surface area contributed by atoms with Gasteiger partial charge < -0.3 is 10.2 Å². The van der Waals surface area contributed by atoms with Gasteiger partial charge in [-0.15, -0.1) is 6.58 Å². The third-order valence-electron chi connectivity index (χ3n) is 5.87. The van der Waals surface area contributed by atoms with Gasteiger partial charge in [-0.2, -0.15) is 0 Å². The summed E-state index contributed by atoms with van der Waals surface area (Å²) in [7, 11) is 0. The van der Waals surface area contributed by atoms with Gasteiger partial charge in [0.15, 0.2) is 0 Å². The minimum absolute atomic E-state index is 0.0478. The highest BCUT2D eigenvalue weighted by atomic mass is 16.3. The van der Waals surface area contributed by atoms with Crippen LogP contribution in [0.4, 0.5) is 0 Å². The van der Waals surface area contributed by atoms with Gasteiger partial charge in [0, 0.05) is 11.5 Å². The molecule has 2 nitrogen and oxygen atoms in total. The van der Waals surface area contributed by atoms with E-state index >= 15 is 0 Å². The summed E-state index contributed by atoms with van der Waals surface area (Å²) in [6.07, 6.45) is 5.38. The van der Waals surface area contributed by atoms with E-state index in [1.54, 1.807) is 12.1 Å². The van der Waals surface area contributed by atoms with E-state index in [0.29, 0.717) is 17.9 Å². The number of benzene rings is 2. The molecule has 2 rings (SSSR count). The Kier molecular flexibility index (Phi) is 7.88. The number of rotatable bonds is 9. The van der Waals surface area contributed by atoms with E-state index in [9.17, 15) is 10.2 Å². The molecule has 0 heterocycles. The van der Waals surface area contributed by atoms with E-state index in [0.717, 1.165) is 12.0 Å². The first-order chi connectivity index (χ1) is 14.2. The Morgan fingerprint density at radius 1 is 1.07 bits per heavy atom. The second kappa shape index (κ2) is 10.2. The maximum absolute atomic E-state index is 9.87. The highest BCUT2D eigenvalue weighted by molar-refractivity contribution is 5.46. The van der Waals surface area contributed by atoms with Crippen LogP contribution in [0.15, 0.2) is 85.2 Å². The molecule has 158 valence electrons. The van der Waals surface area contributed by atoms with E-state index in [1.165, 1.54) is 27.8 Å². The number of allylic oxidation sites excluding steroid dienone is 3. The van der Waals surface area contributed by atoms with E-state index in [-0.39, 0.29) is 17.4 Å². The van der Waals surface area contributed by atoms with Crippen molar-refractivity contribution in [2.75, 3.05) is 0 Å². The van der Waals surface area contributed by atoms with Gasteiger partial charge in [0.25, 0.3) is 0 Å². The molecule has 30 heavy (non-hydrogen) atoms. The molecule has 0 saturated heterocycles. The van der Waals surface area contributed by atoms with Gasteiger partial charge in [-0.05, 0) is 85.1 Å². The van der Waals surface area contributed by atoms with E-state index in [2.05, 4.69) is 52.6 Å². The van der Waals surface area contributed by atoms with Crippen LogP contribution in [0.1, 0.15) is 59.9 Å². The zero-order valence-corrected chi connectivity index (χ0v) is 18.7. The quantitative estimate of drug-likeness (QED) is 0.258. The molecular formula is C28H34O2. The molecule has 0 spiro atoms. The summed E-state index contributed by atoms with van der Waals surface area (Å²) in [5, 5.41) is 19.5. The fourth-order valence-electron chi connectivity index (χ4n) is 3.94. The first kappa shape index (κ1) is 23.3. The summed E-state index contributed by atoms with van der Waals surface area (Å²) in [5.74, 6) is 0.733. The van der Waals surface area contributed by atoms with Gasteiger partial charge in [-0.25, -0.2) is 0 Å². The molecule has 2 aromatic rings. The van der Waals surface area contributed by atoms with E-state index in [1.807, 2.05) is 31.2 Å².